The molecule has 6 heteroatoms. The van der Waals surface area contributed by atoms with Crippen molar-refractivity contribution in [1.29, 1.82) is 5.26 Å². The second-order valence-electron chi connectivity index (χ2n) is 6.36. The van der Waals surface area contributed by atoms with Crippen molar-refractivity contribution in [3.8, 4) is 11.8 Å². The lowest BCUT2D eigenvalue weighted by Gasteiger charge is -2.12. The topological polar surface area (TPSA) is 65.7 Å². The monoisotopic (exact) mass is 391 g/mol. The molecule has 5 nitrogen and oxygen atoms in total. The van der Waals surface area contributed by atoms with Crippen LogP contribution in [0.25, 0.3) is 6.08 Å². The molecule has 0 aromatic heterocycles. The van der Waals surface area contributed by atoms with Gasteiger partial charge in [0.15, 0.2) is 11.8 Å². The number of ether oxygens (including phenoxy) is 1. The van der Waals surface area contributed by atoms with E-state index < -0.39 is 0 Å². The van der Waals surface area contributed by atoms with E-state index in [9.17, 15) is 4.79 Å². The summed E-state index contributed by atoms with van der Waals surface area (Å²) in [5.41, 5.74) is 3.99. The summed E-state index contributed by atoms with van der Waals surface area (Å²) in [6, 6.07) is 15.4. The van der Waals surface area contributed by atoms with Crippen molar-refractivity contribution >= 4 is 34.6 Å². The fourth-order valence-electron chi connectivity index (χ4n) is 2.74. The van der Waals surface area contributed by atoms with Crippen molar-refractivity contribution in [1.82, 2.24) is 4.90 Å². The van der Waals surface area contributed by atoms with Crippen LogP contribution in [0.2, 0.25) is 0 Å². The van der Waals surface area contributed by atoms with Gasteiger partial charge in [0.2, 0.25) is 0 Å². The van der Waals surface area contributed by atoms with Crippen LogP contribution in [0.5, 0.6) is 5.75 Å². The SMILES string of the molecule is CCN1C(=O)/C(=C\c2ccc(OCC#N)cc2)SC1=Nc1cc(C)ccc1C. The van der Waals surface area contributed by atoms with Crippen LogP contribution in [-0.2, 0) is 4.79 Å². The molecule has 1 aliphatic rings. The van der Waals surface area contributed by atoms with Crippen LogP contribution in [0.1, 0.15) is 23.6 Å². The van der Waals surface area contributed by atoms with Gasteiger partial charge in [0.05, 0.1) is 10.6 Å². The maximum absolute atomic E-state index is 12.8. The molecule has 1 fully saturated rings. The lowest BCUT2D eigenvalue weighted by molar-refractivity contribution is -0.122. The average molecular weight is 391 g/mol. The lowest BCUT2D eigenvalue weighted by atomic mass is 10.1. The number of nitrogens with zero attached hydrogens (tertiary/aromatic N) is 3. The number of nitriles is 1. The zero-order chi connectivity index (χ0) is 20.1. The van der Waals surface area contributed by atoms with Crippen LogP contribution in [0.15, 0.2) is 52.4 Å². The summed E-state index contributed by atoms with van der Waals surface area (Å²) >= 11 is 1.39. The van der Waals surface area contributed by atoms with E-state index >= 15 is 0 Å². The highest BCUT2D eigenvalue weighted by Gasteiger charge is 2.32. The van der Waals surface area contributed by atoms with E-state index in [2.05, 4.69) is 6.07 Å². The van der Waals surface area contributed by atoms with Crippen molar-refractivity contribution in [2.45, 2.75) is 20.8 Å². The van der Waals surface area contributed by atoms with Gasteiger partial charge in [-0.05, 0) is 73.5 Å². The summed E-state index contributed by atoms with van der Waals surface area (Å²) in [5.74, 6) is 0.586. The maximum atomic E-state index is 12.8. The van der Waals surface area contributed by atoms with Crippen molar-refractivity contribution < 1.29 is 9.53 Å². The summed E-state index contributed by atoms with van der Waals surface area (Å²) in [5, 5.41) is 9.27. The molecule has 0 unspecified atom stereocenters. The lowest BCUT2D eigenvalue weighted by Crippen LogP contribution is -2.28. The zero-order valence-electron chi connectivity index (χ0n) is 16.1. The van der Waals surface area contributed by atoms with Crippen molar-refractivity contribution in [3.63, 3.8) is 0 Å². The molecule has 1 amide bonds. The van der Waals surface area contributed by atoms with Gasteiger partial charge in [0.1, 0.15) is 11.8 Å². The molecule has 1 heterocycles. The van der Waals surface area contributed by atoms with Crippen LogP contribution in [-0.4, -0.2) is 29.1 Å². The van der Waals surface area contributed by atoms with Gasteiger partial charge in [-0.3, -0.25) is 9.69 Å². The fraction of sp³-hybridized carbons (Fsp3) is 0.227. The molecule has 2 aromatic rings. The van der Waals surface area contributed by atoms with Crippen LogP contribution in [0, 0.1) is 25.2 Å². The summed E-state index contributed by atoms with van der Waals surface area (Å²) in [7, 11) is 0. The van der Waals surface area contributed by atoms with E-state index in [1.54, 1.807) is 17.0 Å². The predicted octanol–water partition coefficient (Wildman–Crippen LogP) is 4.83. The smallest absolute Gasteiger partial charge is 0.266 e. The zero-order valence-corrected chi connectivity index (χ0v) is 16.9. The van der Waals surface area contributed by atoms with Crippen molar-refractivity contribution in [3.05, 3.63) is 64.1 Å². The Balaban J connectivity index is 1.87. The molecule has 0 N–H and O–H groups in total. The van der Waals surface area contributed by atoms with Crippen LogP contribution >= 0.6 is 11.8 Å². The Kier molecular flexibility index (Phi) is 6.17. The Morgan fingerprint density at radius 1 is 1.21 bits per heavy atom. The summed E-state index contributed by atoms with van der Waals surface area (Å²) < 4.78 is 5.26. The predicted molar refractivity (Wildman–Crippen MR) is 114 cm³/mol. The number of hydrogen-bond acceptors (Lipinski definition) is 5. The minimum Gasteiger partial charge on any atom is -0.479 e. The second kappa shape index (κ2) is 8.77. The van der Waals surface area contributed by atoms with Gasteiger partial charge >= 0.3 is 0 Å². The van der Waals surface area contributed by atoms with E-state index in [4.69, 9.17) is 15.0 Å². The Bertz CT molecular complexity index is 988. The van der Waals surface area contributed by atoms with Gasteiger partial charge in [-0.25, -0.2) is 4.99 Å². The molecule has 142 valence electrons. The highest BCUT2D eigenvalue weighted by molar-refractivity contribution is 8.18. The fourth-order valence-corrected chi connectivity index (χ4v) is 3.80. The Labute approximate surface area is 169 Å². The molecule has 1 saturated heterocycles. The molecule has 0 bridgehead atoms. The van der Waals surface area contributed by atoms with Crippen LogP contribution < -0.4 is 4.74 Å². The quantitative estimate of drug-likeness (QED) is 0.685. The normalized spacial score (nSPS) is 16.6. The van der Waals surface area contributed by atoms with E-state index in [0.29, 0.717) is 22.4 Å². The first-order chi connectivity index (χ1) is 13.5. The van der Waals surface area contributed by atoms with E-state index in [1.807, 2.05) is 57.2 Å². The third-order valence-corrected chi connectivity index (χ3v) is 5.27. The highest BCUT2D eigenvalue weighted by Crippen LogP contribution is 2.35. The first-order valence-electron chi connectivity index (χ1n) is 8.99. The first kappa shape index (κ1) is 19.7. The number of amides is 1. The standard InChI is InChI=1S/C22H21N3O2S/c1-4-25-21(26)20(14-17-7-9-18(10-8-17)27-12-11-23)28-22(25)24-19-13-15(2)5-6-16(19)3/h5-10,13-14H,4,12H2,1-3H3/b20-14+,24-22?. The average Bonchev–Trinajstić information content (AvgIpc) is 2.98. The number of thioether (sulfide) groups is 1. The van der Waals surface area contributed by atoms with Gasteiger partial charge in [-0.1, -0.05) is 24.3 Å². The Hall–Kier alpha value is -3.04. The van der Waals surface area contributed by atoms with E-state index in [1.165, 1.54) is 11.8 Å². The molecule has 2 aromatic carbocycles. The molecule has 1 aliphatic heterocycles. The molecule has 28 heavy (non-hydrogen) atoms. The minimum atomic E-state index is -0.0404. The number of hydrogen-bond donors (Lipinski definition) is 0. The molecule has 0 radical (unpaired) electrons. The number of carbonyl (C=O) groups excluding carboxylic acids is 1. The van der Waals surface area contributed by atoms with Gasteiger partial charge in [0, 0.05) is 6.54 Å². The van der Waals surface area contributed by atoms with Crippen molar-refractivity contribution in [2.75, 3.05) is 13.2 Å². The van der Waals surface area contributed by atoms with Gasteiger partial charge < -0.3 is 4.74 Å². The molecule has 0 spiro atoms. The minimum absolute atomic E-state index is 0.0123. The third kappa shape index (κ3) is 4.44. The molecule has 3 rings (SSSR count). The maximum Gasteiger partial charge on any atom is 0.266 e. The second-order valence-corrected chi connectivity index (χ2v) is 7.37. The summed E-state index contributed by atoms with van der Waals surface area (Å²) in [6.45, 7) is 6.57. The number of aliphatic imine (C=N–C) groups is 1. The highest BCUT2D eigenvalue weighted by atomic mass is 32.2. The largest absolute Gasteiger partial charge is 0.479 e. The number of likely N-dealkylation sites (N-methyl/N-ethyl adjacent to an activating group) is 1. The van der Waals surface area contributed by atoms with Gasteiger partial charge in [0.25, 0.3) is 5.91 Å². The van der Waals surface area contributed by atoms with Crippen LogP contribution in [0.4, 0.5) is 5.69 Å². The number of amidine groups is 1. The van der Waals surface area contributed by atoms with Crippen molar-refractivity contribution in [2.24, 2.45) is 4.99 Å². The number of rotatable bonds is 5. The van der Waals surface area contributed by atoms with E-state index in [0.717, 1.165) is 22.4 Å². The molecule has 0 aliphatic carbocycles. The first-order valence-corrected chi connectivity index (χ1v) is 9.80. The molecular weight excluding hydrogens is 370 g/mol. The summed E-state index contributed by atoms with van der Waals surface area (Å²) in [6.07, 6.45) is 1.86. The summed E-state index contributed by atoms with van der Waals surface area (Å²) in [4.78, 5) is 19.9. The Morgan fingerprint density at radius 3 is 2.64 bits per heavy atom. The number of benzene rings is 2. The van der Waals surface area contributed by atoms with Gasteiger partial charge in [-0.15, -0.1) is 0 Å². The Morgan fingerprint density at radius 2 is 1.96 bits per heavy atom. The molecule has 0 atom stereocenters. The van der Waals surface area contributed by atoms with Crippen LogP contribution in [0.3, 0.4) is 0 Å². The van der Waals surface area contributed by atoms with Gasteiger partial charge in [-0.2, -0.15) is 5.26 Å². The molecule has 0 saturated carbocycles. The molecular formula is C22H21N3O2S. The van der Waals surface area contributed by atoms with E-state index in [-0.39, 0.29) is 12.5 Å². The third-order valence-electron chi connectivity index (χ3n) is 4.27. The number of carbonyl (C=O) groups is 1. The number of aryl methyl sites for hydroxylation is 2.